The molecule has 20 heavy (non-hydrogen) atoms. The zero-order valence-corrected chi connectivity index (χ0v) is 11.1. The van der Waals surface area contributed by atoms with Gasteiger partial charge in [-0.2, -0.15) is 0 Å². The average Bonchev–Trinajstić information content (AvgIpc) is 2.46. The molecule has 0 bridgehead atoms. The molecule has 0 spiro atoms. The summed E-state index contributed by atoms with van der Waals surface area (Å²) in [7, 11) is 0. The van der Waals surface area contributed by atoms with Crippen molar-refractivity contribution >= 4 is 28.7 Å². The van der Waals surface area contributed by atoms with Crippen molar-refractivity contribution in [1.82, 2.24) is 4.98 Å². The monoisotopic (exact) mass is 285 g/mol. The second kappa shape index (κ2) is 5.02. The van der Waals surface area contributed by atoms with E-state index in [1.807, 2.05) is 18.2 Å². The van der Waals surface area contributed by atoms with E-state index in [4.69, 9.17) is 11.6 Å². The maximum absolute atomic E-state index is 13.2. The molecule has 0 N–H and O–H groups in total. The molecule has 0 radical (unpaired) electrons. The van der Waals surface area contributed by atoms with Crippen molar-refractivity contribution in [3.05, 3.63) is 65.2 Å². The van der Waals surface area contributed by atoms with Gasteiger partial charge in [0.1, 0.15) is 11.0 Å². The summed E-state index contributed by atoms with van der Waals surface area (Å²) in [4.78, 5) is 15.1. The van der Waals surface area contributed by atoms with Gasteiger partial charge in [0.05, 0.1) is 5.56 Å². The van der Waals surface area contributed by atoms with Crippen LogP contribution >= 0.6 is 11.6 Å². The van der Waals surface area contributed by atoms with Crippen molar-refractivity contribution in [3.63, 3.8) is 0 Å². The van der Waals surface area contributed by atoms with E-state index in [9.17, 15) is 9.18 Å². The Morgan fingerprint density at radius 2 is 1.80 bits per heavy atom. The molecular formula is C16H9ClFNO. The van der Waals surface area contributed by atoms with Gasteiger partial charge in [-0.05, 0) is 46.2 Å². The van der Waals surface area contributed by atoms with Gasteiger partial charge in [-0.1, -0.05) is 29.8 Å². The number of rotatable bonds is 2. The Morgan fingerprint density at radius 3 is 2.60 bits per heavy atom. The van der Waals surface area contributed by atoms with Crippen molar-refractivity contribution in [1.29, 1.82) is 0 Å². The number of hydrogen-bond acceptors (Lipinski definition) is 2. The van der Waals surface area contributed by atoms with E-state index in [-0.39, 0.29) is 11.0 Å². The lowest BCUT2D eigenvalue weighted by atomic mass is 9.99. The lowest BCUT2D eigenvalue weighted by Crippen LogP contribution is -1.91. The molecule has 0 saturated heterocycles. The summed E-state index contributed by atoms with van der Waals surface area (Å²) in [6.07, 6.45) is 2.25. The standard InChI is InChI=1S/C16H9ClFNO/c17-16-15(9-20)14(5-6-19-16)12-2-1-11-8-13(18)4-3-10(11)7-12/h1-9H. The molecule has 0 amide bonds. The van der Waals surface area contributed by atoms with E-state index in [1.165, 1.54) is 12.1 Å². The van der Waals surface area contributed by atoms with E-state index >= 15 is 0 Å². The third-order valence-electron chi connectivity index (χ3n) is 3.17. The number of aromatic nitrogens is 1. The largest absolute Gasteiger partial charge is 0.298 e. The Morgan fingerprint density at radius 1 is 1.05 bits per heavy atom. The molecule has 2 aromatic carbocycles. The molecule has 0 saturated carbocycles. The first-order chi connectivity index (χ1) is 9.69. The number of carbonyl (C=O) groups is 1. The number of aldehydes is 1. The highest BCUT2D eigenvalue weighted by atomic mass is 35.5. The molecule has 0 aliphatic rings. The van der Waals surface area contributed by atoms with E-state index in [2.05, 4.69) is 4.98 Å². The molecule has 0 unspecified atom stereocenters. The zero-order valence-electron chi connectivity index (χ0n) is 10.3. The molecule has 3 rings (SSSR count). The molecule has 3 aromatic rings. The Bertz CT molecular complexity index is 817. The fourth-order valence-electron chi connectivity index (χ4n) is 2.20. The fourth-order valence-corrected chi connectivity index (χ4v) is 2.40. The summed E-state index contributed by atoms with van der Waals surface area (Å²) in [5.41, 5.74) is 1.91. The highest BCUT2D eigenvalue weighted by Crippen LogP contribution is 2.29. The predicted octanol–water partition coefficient (Wildman–Crippen LogP) is 4.51. The fraction of sp³-hybridized carbons (Fsp3) is 0. The number of halogens is 2. The quantitative estimate of drug-likeness (QED) is 0.512. The SMILES string of the molecule is O=Cc1c(-c2ccc3cc(F)ccc3c2)ccnc1Cl. The summed E-state index contributed by atoms with van der Waals surface area (Å²) in [6.45, 7) is 0. The van der Waals surface area contributed by atoms with Gasteiger partial charge in [0.25, 0.3) is 0 Å². The summed E-state index contributed by atoms with van der Waals surface area (Å²) < 4.78 is 13.2. The molecule has 1 heterocycles. The van der Waals surface area contributed by atoms with Crippen LogP contribution in [0.15, 0.2) is 48.7 Å². The molecule has 0 atom stereocenters. The second-order valence-electron chi connectivity index (χ2n) is 4.39. The van der Waals surface area contributed by atoms with Gasteiger partial charge in [-0.3, -0.25) is 4.79 Å². The van der Waals surface area contributed by atoms with E-state index < -0.39 is 0 Å². The van der Waals surface area contributed by atoms with Gasteiger partial charge in [0, 0.05) is 6.20 Å². The molecule has 98 valence electrons. The normalized spacial score (nSPS) is 10.7. The predicted molar refractivity (Wildman–Crippen MR) is 77.5 cm³/mol. The lowest BCUT2D eigenvalue weighted by Gasteiger charge is -2.07. The van der Waals surface area contributed by atoms with Gasteiger partial charge >= 0.3 is 0 Å². The van der Waals surface area contributed by atoms with Crippen molar-refractivity contribution in [2.75, 3.05) is 0 Å². The van der Waals surface area contributed by atoms with Crippen molar-refractivity contribution in [3.8, 4) is 11.1 Å². The maximum Gasteiger partial charge on any atom is 0.153 e. The Labute approximate surface area is 119 Å². The van der Waals surface area contributed by atoms with Crippen LogP contribution in [0.1, 0.15) is 10.4 Å². The Kier molecular flexibility index (Phi) is 3.20. The van der Waals surface area contributed by atoms with E-state index in [0.717, 1.165) is 16.3 Å². The lowest BCUT2D eigenvalue weighted by molar-refractivity contribution is 0.112. The van der Waals surface area contributed by atoms with Crippen LogP contribution in [0.4, 0.5) is 4.39 Å². The van der Waals surface area contributed by atoms with Crippen molar-refractivity contribution in [2.45, 2.75) is 0 Å². The van der Waals surface area contributed by atoms with Crippen LogP contribution in [-0.2, 0) is 0 Å². The zero-order chi connectivity index (χ0) is 14.1. The Hall–Kier alpha value is -2.26. The highest BCUT2D eigenvalue weighted by molar-refractivity contribution is 6.32. The highest BCUT2D eigenvalue weighted by Gasteiger charge is 2.09. The molecule has 1 aromatic heterocycles. The number of pyridine rings is 1. The number of carbonyl (C=O) groups excluding carboxylic acids is 1. The minimum Gasteiger partial charge on any atom is -0.298 e. The van der Waals surface area contributed by atoms with Crippen molar-refractivity contribution < 1.29 is 9.18 Å². The van der Waals surface area contributed by atoms with Crippen LogP contribution < -0.4 is 0 Å². The van der Waals surface area contributed by atoms with Crippen LogP contribution in [0.2, 0.25) is 5.15 Å². The van der Waals surface area contributed by atoms with Gasteiger partial charge < -0.3 is 0 Å². The maximum atomic E-state index is 13.2. The topological polar surface area (TPSA) is 30.0 Å². The first-order valence-electron chi connectivity index (χ1n) is 5.98. The number of hydrogen-bond donors (Lipinski definition) is 0. The van der Waals surface area contributed by atoms with Gasteiger partial charge in [0.15, 0.2) is 6.29 Å². The third-order valence-corrected chi connectivity index (χ3v) is 3.47. The third kappa shape index (κ3) is 2.17. The van der Waals surface area contributed by atoms with Crippen LogP contribution in [-0.4, -0.2) is 11.3 Å². The summed E-state index contributed by atoms with van der Waals surface area (Å²) in [5.74, 6) is -0.272. The summed E-state index contributed by atoms with van der Waals surface area (Å²) >= 11 is 5.93. The van der Waals surface area contributed by atoms with Gasteiger partial charge in [-0.15, -0.1) is 0 Å². The first-order valence-corrected chi connectivity index (χ1v) is 6.36. The summed E-state index contributed by atoms with van der Waals surface area (Å²) in [5, 5.41) is 1.88. The van der Waals surface area contributed by atoms with Crippen molar-refractivity contribution in [2.24, 2.45) is 0 Å². The van der Waals surface area contributed by atoms with E-state index in [1.54, 1.807) is 18.3 Å². The molecular weight excluding hydrogens is 277 g/mol. The van der Waals surface area contributed by atoms with Crippen LogP contribution in [0, 0.1) is 5.82 Å². The molecule has 2 nitrogen and oxygen atoms in total. The number of nitrogens with zero attached hydrogens (tertiary/aromatic N) is 1. The van der Waals surface area contributed by atoms with Crippen LogP contribution in [0.3, 0.4) is 0 Å². The van der Waals surface area contributed by atoms with Crippen LogP contribution in [0.5, 0.6) is 0 Å². The molecule has 0 aliphatic carbocycles. The van der Waals surface area contributed by atoms with E-state index in [0.29, 0.717) is 17.4 Å². The molecule has 4 heteroatoms. The van der Waals surface area contributed by atoms with Gasteiger partial charge in [0.2, 0.25) is 0 Å². The average molecular weight is 286 g/mol. The van der Waals surface area contributed by atoms with Gasteiger partial charge in [-0.25, -0.2) is 9.37 Å². The molecule has 0 fully saturated rings. The smallest absolute Gasteiger partial charge is 0.153 e. The minimum absolute atomic E-state index is 0.178. The molecule has 0 aliphatic heterocycles. The second-order valence-corrected chi connectivity index (χ2v) is 4.75. The number of benzene rings is 2. The number of fused-ring (bicyclic) bond motifs is 1. The first kappa shape index (κ1) is 12.8. The minimum atomic E-state index is -0.272. The Balaban J connectivity index is 2.22. The van der Waals surface area contributed by atoms with Crippen LogP contribution in [0.25, 0.3) is 21.9 Å². The summed E-state index contributed by atoms with van der Waals surface area (Å²) in [6, 6.07) is 11.9.